The Balaban J connectivity index is 1.30. The number of nitrogens with one attached hydrogen (secondary N) is 2. The number of benzene rings is 1. The van der Waals surface area contributed by atoms with Crippen LogP contribution in [0.5, 0.6) is 0 Å². The van der Waals surface area contributed by atoms with E-state index in [1.54, 1.807) is 0 Å². The molecule has 0 saturated carbocycles. The Hall–Kier alpha value is -2.20. The van der Waals surface area contributed by atoms with Crippen LogP contribution in [-0.4, -0.2) is 64.4 Å². The van der Waals surface area contributed by atoms with E-state index >= 15 is 0 Å². The van der Waals surface area contributed by atoms with Gasteiger partial charge in [-0.25, -0.2) is 4.98 Å². The van der Waals surface area contributed by atoms with Gasteiger partial charge >= 0.3 is 0 Å². The van der Waals surface area contributed by atoms with Crippen LogP contribution >= 0.6 is 23.1 Å². The van der Waals surface area contributed by atoms with Gasteiger partial charge in [0.2, 0.25) is 5.91 Å². The maximum atomic E-state index is 12.8. The smallest absolute Gasteiger partial charge is 0.260 e. The number of aromatic nitrogens is 2. The number of aromatic amines is 1. The van der Waals surface area contributed by atoms with E-state index in [1.807, 2.05) is 42.6 Å². The number of H-pyrrole nitrogens is 1. The van der Waals surface area contributed by atoms with Crippen molar-refractivity contribution < 1.29 is 9.53 Å². The lowest BCUT2D eigenvalue weighted by molar-refractivity contribution is -0.120. The minimum Gasteiger partial charge on any atom is -0.373 e. The van der Waals surface area contributed by atoms with Gasteiger partial charge in [-0.05, 0) is 26.3 Å². The monoisotopic (exact) mass is 486 g/mol. The van der Waals surface area contributed by atoms with Gasteiger partial charge in [0, 0.05) is 37.1 Å². The molecule has 4 rings (SSSR count). The molecule has 0 radical (unpaired) electrons. The second-order valence-electron chi connectivity index (χ2n) is 8.47. The summed E-state index contributed by atoms with van der Waals surface area (Å²) < 4.78 is 5.75. The molecule has 1 aliphatic heterocycles. The van der Waals surface area contributed by atoms with Crippen LogP contribution in [0.4, 0.5) is 0 Å². The fraction of sp³-hybridized carbons (Fsp3) is 0.458. The molecule has 7 nitrogen and oxygen atoms in total. The third kappa shape index (κ3) is 6.03. The van der Waals surface area contributed by atoms with Crippen LogP contribution in [0.1, 0.15) is 26.6 Å². The highest BCUT2D eigenvalue weighted by Gasteiger charge is 2.22. The molecule has 33 heavy (non-hydrogen) atoms. The second-order valence-corrected chi connectivity index (χ2v) is 10.7. The first-order valence-electron chi connectivity index (χ1n) is 11.2. The zero-order chi connectivity index (χ0) is 23.4. The molecule has 1 amide bonds. The number of nitrogens with zero attached hydrogens (tertiary/aromatic N) is 2. The van der Waals surface area contributed by atoms with Gasteiger partial charge in [-0.2, -0.15) is 0 Å². The Morgan fingerprint density at radius 1 is 1.30 bits per heavy atom. The number of fused-ring (bicyclic) bond motifs is 1. The topological polar surface area (TPSA) is 87.3 Å². The summed E-state index contributed by atoms with van der Waals surface area (Å²) in [5.74, 6) is 1.06. The van der Waals surface area contributed by atoms with E-state index in [0.717, 1.165) is 35.6 Å². The average molecular weight is 487 g/mol. The lowest BCUT2D eigenvalue weighted by Gasteiger charge is -2.35. The number of hydrogen-bond donors (Lipinski definition) is 2. The molecule has 1 saturated heterocycles. The molecule has 0 bridgehead atoms. The van der Waals surface area contributed by atoms with E-state index in [1.165, 1.54) is 23.1 Å². The molecular formula is C24H30N4O3S2. The van der Waals surface area contributed by atoms with E-state index in [2.05, 4.69) is 34.0 Å². The van der Waals surface area contributed by atoms with Crippen LogP contribution in [0.15, 0.2) is 40.5 Å². The molecule has 2 aromatic heterocycles. The molecule has 1 aliphatic rings. The molecule has 2 N–H and O–H groups in total. The zero-order valence-electron chi connectivity index (χ0n) is 19.2. The second kappa shape index (κ2) is 10.8. The Bertz CT molecular complexity index is 1140. The van der Waals surface area contributed by atoms with Crippen LogP contribution in [0.2, 0.25) is 0 Å². The fourth-order valence-electron chi connectivity index (χ4n) is 4.12. The summed E-state index contributed by atoms with van der Waals surface area (Å²) in [6.07, 6.45) is 0.441. The SMILES string of the molecule is CC1CN(CCNC(=O)C(C)SCc2nc3scc(-c4ccccc4)c3c(=O)[nH]2)CC(C)O1. The Morgan fingerprint density at radius 3 is 2.76 bits per heavy atom. The number of carbonyl (C=O) groups is 1. The van der Waals surface area contributed by atoms with Crippen LogP contribution in [0.3, 0.4) is 0 Å². The molecule has 9 heteroatoms. The summed E-state index contributed by atoms with van der Waals surface area (Å²) in [6.45, 7) is 9.24. The molecule has 0 aliphatic carbocycles. The Morgan fingerprint density at radius 2 is 2.03 bits per heavy atom. The van der Waals surface area contributed by atoms with E-state index in [0.29, 0.717) is 23.5 Å². The number of rotatable bonds is 8. The van der Waals surface area contributed by atoms with Crippen molar-refractivity contribution in [1.82, 2.24) is 20.2 Å². The van der Waals surface area contributed by atoms with Gasteiger partial charge in [0.05, 0.1) is 28.6 Å². The summed E-state index contributed by atoms with van der Waals surface area (Å²) in [5.41, 5.74) is 1.77. The molecule has 3 unspecified atom stereocenters. The van der Waals surface area contributed by atoms with E-state index < -0.39 is 0 Å². The van der Waals surface area contributed by atoms with Crippen LogP contribution in [0.25, 0.3) is 21.3 Å². The Labute approximate surface area is 201 Å². The van der Waals surface area contributed by atoms with Crippen LogP contribution in [0, 0.1) is 0 Å². The minimum absolute atomic E-state index is 0.000249. The largest absolute Gasteiger partial charge is 0.373 e. The van der Waals surface area contributed by atoms with Crippen molar-refractivity contribution >= 4 is 39.2 Å². The van der Waals surface area contributed by atoms with Crippen molar-refractivity contribution in [3.8, 4) is 11.1 Å². The van der Waals surface area contributed by atoms with Gasteiger partial charge < -0.3 is 15.0 Å². The predicted molar refractivity (Wildman–Crippen MR) is 136 cm³/mol. The van der Waals surface area contributed by atoms with Crippen molar-refractivity contribution in [3.05, 3.63) is 51.9 Å². The predicted octanol–water partition coefficient (Wildman–Crippen LogP) is 3.50. The lowest BCUT2D eigenvalue weighted by atomic mass is 10.1. The molecule has 176 valence electrons. The first-order chi connectivity index (χ1) is 15.9. The first kappa shape index (κ1) is 23.9. The standard InChI is InChI=1S/C24H30N4O3S2/c1-15-11-28(12-16(2)31-15)10-9-25-22(29)17(3)32-14-20-26-23(30)21-19(13-33-24(21)27-20)18-7-5-4-6-8-18/h4-8,13,15-17H,9-12,14H2,1-3H3,(H,25,29)(H,26,27,30). The van der Waals surface area contributed by atoms with Gasteiger partial charge in [0.1, 0.15) is 10.7 Å². The van der Waals surface area contributed by atoms with Crippen molar-refractivity contribution in [2.75, 3.05) is 26.2 Å². The highest BCUT2D eigenvalue weighted by Crippen LogP contribution is 2.30. The van der Waals surface area contributed by atoms with Crippen molar-refractivity contribution in [2.45, 2.75) is 44.0 Å². The van der Waals surface area contributed by atoms with Crippen molar-refractivity contribution in [1.29, 1.82) is 0 Å². The third-order valence-corrected chi connectivity index (χ3v) is 7.67. The fourth-order valence-corrected chi connectivity index (χ4v) is 5.87. The van der Waals surface area contributed by atoms with Gasteiger partial charge in [-0.3, -0.25) is 14.5 Å². The van der Waals surface area contributed by atoms with Gasteiger partial charge in [0.15, 0.2) is 0 Å². The molecule has 3 heterocycles. The lowest BCUT2D eigenvalue weighted by Crippen LogP contribution is -2.48. The number of thiophene rings is 1. The van der Waals surface area contributed by atoms with Crippen molar-refractivity contribution in [3.63, 3.8) is 0 Å². The maximum absolute atomic E-state index is 12.8. The number of carbonyl (C=O) groups excluding carboxylic acids is 1. The summed E-state index contributed by atoms with van der Waals surface area (Å²) >= 11 is 2.94. The summed E-state index contributed by atoms with van der Waals surface area (Å²) in [5, 5.41) is 5.39. The number of hydrogen-bond acceptors (Lipinski definition) is 7. The average Bonchev–Trinajstić information content (AvgIpc) is 3.22. The van der Waals surface area contributed by atoms with E-state index in [9.17, 15) is 9.59 Å². The first-order valence-corrected chi connectivity index (χ1v) is 13.2. The highest BCUT2D eigenvalue weighted by molar-refractivity contribution is 7.99. The molecule has 3 aromatic rings. The number of amides is 1. The minimum atomic E-state index is -0.239. The summed E-state index contributed by atoms with van der Waals surface area (Å²) in [4.78, 5) is 35.9. The summed E-state index contributed by atoms with van der Waals surface area (Å²) in [7, 11) is 0. The number of thioether (sulfide) groups is 1. The summed E-state index contributed by atoms with van der Waals surface area (Å²) in [6, 6.07) is 9.85. The molecule has 0 spiro atoms. The van der Waals surface area contributed by atoms with Crippen LogP contribution < -0.4 is 10.9 Å². The number of ether oxygens (including phenoxy) is 1. The Kier molecular flexibility index (Phi) is 7.85. The third-order valence-electron chi connectivity index (χ3n) is 5.64. The molecule has 1 fully saturated rings. The normalized spacial score (nSPS) is 20.1. The quantitative estimate of drug-likeness (QED) is 0.507. The van der Waals surface area contributed by atoms with E-state index in [-0.39, 0.29) is 28.9 Å². The van der Waals surface area contributed by atoms with Gasteiger partial charge in [-0.1, -0.05) is 30.3 Å². The maximum Gasteiger partial charge on any atom is 0.260 e. The van der Waals surface area contributed by atoms with Gasteiger partial charge in [-0.15, -0.1) is 23.1 Å². The van der Waals surface area contributed by atoms with Crippen molar-refractivity contribution in [2.24, 2.45) is 0 Å². The molecule has 1 aromatic carbocycles. The van der Waals surface area contributed by atoms with Gasteiger partial charge in [0.25, 0.3) is 5.56 Å². The highest BCUT2D eigenvalue weighted by atomic mass is 32.2. The number of morpholine rings is 1. The van der Waals surface area contributed by atoms with Crippen LogP contribution in [-0.2, 0) is 15.3 Å². The molecular weight excluding hydrogens is 456 g/mol. The van der Waals surface area contributed by atoms with E-state index in [4.69, 9.17) is 4.74 Å². The molecule has 3 atom stereocenters. The zero-order valence-corrected chi connectivity index (χ0v) is 20.8.